The molecule has 5 heteroatoms. The summed E-state index contributed by atoms with van der Waals surface area (Å²) in [5.41, 5.74) is 1.65. The number of benzene rings is 2. The van der Waals surface area contributed by atoms with E-state index in [0.29, 0.717) is 10.6 Å². The van der Waals surface area contributed by atoms with Crippen LogP contribution in [0.15, 0.2) is 60.7 Å². The van der Waals surface area contributed by atoms with E-state index >= 15 is 0 Å². The van der Waals surface area contributed by atoms with Crippen molar-refractivity contribution in [1.29, 1.82) is 0 Å². The van der Waals surface area contributed by atoms with E-state index in [1.54, 1.807) is 30.3 Å². The molecule has 0 radical (unpaired) electrons. The lowest BCUT2D eigenvalue weighted by atomic mass is 10.0. The van der Waals surface area contributed by atoms with Gasteiger partial charge < -0.3 is 0 Å². The third kappa shape index (κ3) is 4.64. The SMILES string of the molecule is C=C(C)C(=O)NC(=O)/C(=C\c1ccc(Cl)cc1)c1ccc(F)cc1. The molecule has 0 saturated carbocycles. The van der Waals surface area contributed by atoms with Crippen LogP contribution in [-0.4, -0.2) is 11.8 Å². The maximum absolute atomic E-state index is 13.1. The number of amides is 2. The molecule has 0 spiro atoms. The maximum atomic E-state index is 13.1. The lowest BCUT2D eigenvalue weighted by Gasteiger charge is -2.09. The molecule has 0 aliphatic carbocycles. The van der Waals surface area contributed by atoms with Gasteiger partial charge in [0.2, 0.25) is 0 Å². The van der Waals surface area contributed by atoms with Crippen molar-refractivity contribution < 1.29 is 14.0 Å². The van der Waals surface area contributed by atoms with Gasteiger partial charge in [-0.25, -0.2) is 4.39 Å². The summed E-state index contributed by atoms with van der Waals surface area (Å²) < 4.78 is 13.1. The molecule has 1 N–H and O–H groups in total. The standard InChI is InChI=1S/C19H15ClFNO2/c1-12(2)18(23)22-19(24)17(14-5-9-16(21)10-6-14)11-13-3-7-15(20)8-4-13/h3-11H,1H2,2H3,(H,22,23,24)/b17-11-. The molecule has 2 aromatic rings. The number of imide groups is 1. The van der Waals surface area contributed by atoms with Gasteiger partial charge in [0.05, 0.1) is 0 Å². The van der Waals surface area contributed by atoms with E-state index in [2.05, 4.69) is 11.9 Å². The van der Waals surface area contributed by atoms with Gasteiger partial charge in [0.1, 0.15) is 5.82 Å². The number of carbonyl (C=O) groups excluding carboxylic acids is 2. The minimum Gasteiger partial charge on any atom is -0.288 e. The Morgan fingerprint density at radius 1 is 1.04 bits per heavy atom. The molecule has 24 heavy (non-hydrogen) atoms. The van der Waals surface area contributed by atoms with Gasteiger partial charge in [0, 0.05) is 16.2 Å². The van der Waals surface area contributed by atoms with Crippen molar-refractivity contribution in [3.05, 3.63) is 82.6 Å². The predicted octanol–water partition coefficient (Wildman–Crippen LogP) is 4.24. The first-order valence-corrected chi connectivity index (χ1v) is 7.49. The second-order valence-corrected chi connectivity index (χ2v) is 5.62. The summed E-state index contributed by atoms with van der Waals surface area (Å²) in [4.78, 5) is 24.2. The molecule has 0 aromatic heterocycles. The molecule has 0 bridgehead atoms. The number of halogens is 2. The Hall–Kier alpha value is -2.72. The Bertz CT molecular complexity index is 808. The predicted molar refractivity (Wildman–Crippen MR) is 93.7 cm³/mol. The van der Waals surface area contributed by atoms with E-state index in [0.717, 1.165) is 5.56 Å². The fraction of sp³-hybridized carbons (Fsp3) is 0.0526. The zero-order chi connectivity index (χ0) is 17.7. The largest absolute Gasteiger partial charge is 0.288 e. The summed E-state index contributed by atoms with van der Waals surface area (Å²) in [6.07, 6.45) is 1.60. The van der Waals surface area contributed by atoms with Crippen molar-refractivity contribution in [2.75, 3.05) is 0 Å². The van der Waals surface area contributed by atoms with Crippen LogP contribution >= 0.6 is 11.6 Å². The molecule has 0 heterocycles. The van der Waals surface area contributed by atoms with Crippen LogP contribution < -0.4 is 5.32 Å². The third-order valence-corrected chi connectivity index (χ3v) is 3.45. The average Bonchev–Trinajstić information content (AvgIpc) is 2.55. The van der Waals surface area contributed by atoms with Crippen LogP contribution in [0.5, 0.6) is 0 Å². The van der Waals surface area contributed by atoms with E-state index in [1.165, 1.54) is 31.2 Å². The number of rotatable bonds is 4. The molecule has 3 nitrogen and oxygen atoms in total. The van der Waals surface area contributed by atoms with E-state index in [9.17, 15) is 14.0 Å². The average molecular weight is 344 g/mol. The smallest absolute Gasteiger partial charge is 0.258 e. The molecule has 0 aliphatic rings. The van der Waals surface area contributed by atoms with E-state index in [1.807, 2.05) is 0 Å². The van der Waals surface area contributed by atoms with Crippen LogP contribution in [0.3, 0.4) is 0 Å². The molecule has 0 unspecified atom stereocenters. The first-order valence-electron chi connectivity index (χ1n) is 7.11. The highest BCUT2D eigenvalue weighted by Crippen LogP contribution is 2.20. The second kappa shape index (κ2) is 7.70. The van der Waals surface area contributed by atoms with Crippen molar-refractivity contribution in [3.8, 4) is 0 Å². The Labute approximate surface area is 144 Å². The highest BCUT2D eigenvalue weighted by atomic mass is 35.5. The Morgan fingerprint density at radius 2 is 1.62 bits per heavy atom. The molecular weight excluding hydrogens is 329 g/mol. The van der Waals surface area contributed by atoms with Crippen molar-refractivity contribution in [2.45, 2.75) is 6.92 Å². The number of nitrogens with one attached hydrogen (secondary N) is 1. The van der Waals surface area contributed by atoms with E-state index < -0.39 is 17.6 Å². The number of hydrogen-bond acceptors (Lipinski definition) is 2. The van der Waals surface area contributed by atoms with Gasteiger partial charge in [-0.05, 0) is 48.4 Å². The second-order valence-electron chi connectivity index (χ2n) is 5.18. The van der Waals surface area contributed by atoms with Crippen LogP contribution in [0.1, 0.15) is 18.1 Å². The molecule has 2 aromatic carbocycles. The van der Waals surface area contributed by atoms with E-state index in [-0.39, 0.29) is 11.1 Å². The van der Waals surface area contributed by atoms with Crippen LogP contribution in [0.25, 0.3) is 11.6 Å². The van der Waals surface area contributed by atoms with Gasteiger partial charge in [-0.15, -0.1) is 0 Å². The molecule has 122 valence electrons. The summed E-state index contributed by atoms with van der Waals surface area (Å²) in [7, 11) is 0. The molecule has 0 fully saturated rings. The van der Waals surface area contributed by atoms with Crippen LogP contribution in [0, 0.1) is 5.82 Å². The molecule has 0 saturated heterocycles. The lowest BCUT2D eigenvalue weighted by molar-refractivity contribution is -0.125. The van der Waals surface area contributed by atoms with E-state index in [4.69, 9.17) is 11.6 Å². The van der Waals surface area contributed by atoms with Gasteiger partial charge in [-0.1, -0.05) is 42.4 Å². The highest BCUT2D eigenvalue weighted by Gasteiger charge is 2.15. The van der Waals surface area contributed by atoms with Crippen molar-refractivity contribution in [2.24, 2.45) is 0 Å². The van der Waals surface area contributed by atoms with Gasteiger partial charge in [-0.2, -0.15) is 0 Å². The number of carbonyl (C=O) groups is 2. The highest BCUT2D eigenvalue weighted by molar-refractivity contribution is 6.31. The number of hydrogen-bond donors (Lipinski definition) is 1. The molecule has 2 amide bonds. The fourth-order valence-corrected chi connectivity index (χ4v) is 2.04. The fourth-order valence-electron chi connectivity index (χ4n) is 1.91. The van der Waals surface area contributed by atoms with Crippen molar-refractivity contribution >= 4 is 35.1 Å². The van der Waals surface area contributed by atoms with Gasteiger partial charge in [-0.3, -0.25) is 14.9 Å². The van der Waals surface area contributed by atoms with Crippen LogP contribution in [-0.2, 0) is 9.59 Å². The summed E-state index contributed by atoms with van der Waals surface area (Å²) in [5.74, 6) is -1.57. The van der Waals surface area contributed by atoms with Gasteiger partial charge >= 0.3 is 0 Å². The summed E-state index contributed by atoms with van der Waals surface area (Å²) in [6.45, 7) is 5.00. The monoisotopic (exact) mass is 343 g/mol. The van der Waals surface area contributed by atoms with Crippen molar-refractivity contribution in [1.82, 2.24) is 5.32 Å². The Kier molecular flexibility index (Phi) is 5.66. The van der Waals surface area contributed by atoms with Crippen LogP contribution in [0.2, 0.25) is 5.02 Å². The zero-order valence-electron chi connectivity index (χ0n) is 13.0. The Morgan fingerprint density at radius 3 is 2.17 bits per heavy atom. The quantitative estimate of drug-likeness (QED) is 0.666. The summed E-state index contributed by atoms with van der Waals surface area (Å²) in [5, 5.41) is 2.83. The Balaban J connectivity index is 2.42. The minimum atomic E-state index is -0.593. The maximum Gasteiger partial charge on any atom is 0.258 e. The minimum absolute atomic E-state index is 0.216. The first-order chi connectivity index (χ1) is 11.4. The van der Waals surface area contributed by atoms with Crippen molar-refractivity contribution in [3.63, 3.8) is 0 Å². The molecule has 0 aliphatic heterocycles. The first kappa shape index (κ1) is 17.6. The molecule has 2 rings (SSSR count). The summed E-state index contributed by atoms with van der Waals surface area (Å²) in [6, 6.07) is 12.3. The topological polar surface area (TPSA) is 46.2 Å². The lowest BCUT2D eigenvalue weighted by Crippen LogP contribution is -2.31. The molecule has 0 atom stereocenters. The summed E-state index contributed by atoms with van der Waals surface area (Å²) >= 11 is 5.85. The normalized spacial score (nSPS) is 11.0. The van der Waals surface area contributed by atoms with Gasteiger partial charge in [0.25, 0.3) is 11.8 Å². The zero-order valence-corrected chi connectivity index (χ0v) is 13.7. The van der Waals surface area contributed by atoms with Gasteiger partial charge in [0.15, 0.2) is 0 Å². The molecular formula is C19H15ClFNO2. The third-order valence-electron chi connectivity index (χ3n) is 3.20. The van der Waals surface area contributed by atoms with Crippen LogP contribution in [0.4, 0.5) is 4.39 Å².